The molecule has 6 nitrogen and oxygen atoms in total. The summed E-state index contributed by atoms with van der Waals surface area (Å²) in [5.41, 5.74) is 5.71. The summed E-state index contributed by atoms with van der Waals surface area (Å²) < 4.78 is 5.16. The van der Waals surface area contributed by atoms with Crippen molar-refractivity contribution in [1.82, 2.24) is 14.9 Å². The molecule has 1 saturated heterocycles. The van der Waals surface area contributed by atoms with Gasteiger partial charge in [0.2, 0.25) is 5.88 Å². The van der Waals surface area contributed by atoms with Crippen LogP contribution in [-0.2, 0) is 0 Å². The number of aromatic nitrogens is 2. The Balaban J connectivity index is 1.94. The first-order valence-electron chi connectivity index (χ1n) is 7.26. The first-order valence-corrected chi connectivity index (χ1v) is 7.26. The zero-order valence-corrected chi connectivity index (χ0v) is 12.5. The van der Waals surface area contributed by atoms with Gasteiger partial charge in [0.15, 0.2) is 0 Å². The van der Waals surface area contributed by atoms with Gasteiger partial charge in [0.1, 0.15) is 12.1 Å². The maximum absolute atomic E-state index is 5.71. The second kappa shape index (κ2) is 7.40. The van der Waals surface area contributed by atoms with Gasteiger partial charge in [-0.15, -0.1) is 0 Å². The fourth-order valence-electron chi connectivity index (χ4n) is 2.51. The standard InChI is InChI=1S/C14H25N5O/c1-12(9-15)10-18-4-3-5-19(7-6-18)13-8-14(20-2)17-11-16-13/h8,11-12H,3-7,9-10,15H2,1-2H3. The zero-order chi connectivity index (χ0) is 14.4. The summed E-state index contributed by atoms with van der Waals surface area (Å²) in [4.78, 5) is 13.2. The molecule has 2 rings (SSSR count). The van der Waals surface area contributed by atoms with Gasteiger partial charge in [-0.1, -0.05) is 6.92 Å². The lowest BCUT2D eigenvalue weighted by atomic mass is 10.1. The van der Waals surface area contributed by atoms with Gasteiger partial charge in [0.05, 0.1) is 7.11 Å². The molecular weight excluding hydrogens is 254 g/mol. The Hall–Kier alpha value is -1.40. The number of rotatable bonds is 5. The Morgan fingerprint density at radius 3 is 2.90 bits per heavy atom. The van der Waals surface area contributed by atoms with E-state index in [2.05, 4.69) is 26.7 Å². The topological polar surface area (TPSA) is 67.5 Å². The van der Waals surface area contributed by atoms with Crippen molar-refractivity contribution in [2.45, 2.75) is 13.3 Å². The summed E-state index contributed by atoms with van der Waals surface area (Å²) in [5.74, 6) is 2.12. The molecule has 1 unspecified atom stereocenters. The second-order valence-electron chi connectivity index (χ2n) is 5.40. The molecule has 112 valence electrons. The third kappa shape index (κ3) is 4.05. The largest absolute Gasteiger partial charge is 0.481 e. The molecule has 0 aromatic carbocycles. The van der Waals surface area contributed by atoms with Crippen LogP contribution in [0.15, 0.2) is 12.4 Å². The van der Waals surface area contributed by atoms with E-state index in [4.69, 9.17) is 10.5 Å². The van der Waals surface area contributed by atoms with E-state index in [1.54, 1.807) is 13.4 Å². The van der Waals surface area contributed by atoms with Crippen LogP contribution in [0.2, 0.25) is 0 Å². The lowest BCUT2D eigenvalue weighted by molar-refractivity contribution is 0.255. The molecule has 1 atom stereocenters. The molecule has 1 aliphatic heterocycles. The van der Waals surface area contributed by atoms with Crippen molar-refractivity contribution in [3.8, 4) is 5.88 Å². The second-order valence-corrected chi connectivity index (χ2v) is 5.40. The highest BCUT2D eigenvalue weighted by atomic mass is 16.5. The highest BCUT2D eigenvalue weighted by Gasteiger charge is 2.17. The molecular formula is C14H25N5O. The molecule has 1 fully saturated rings. The summed E-state index contributed by atoms with van der Waals surface area (Å²) in [6, 6.07) is 1.90. The van der Waals surface area contributed by atoms with E-state index < -0.39 is 0 Å². The number of nitrogens with two attached hydrogens (primary N) is 1. The van der Waals surface area contributed by atoms with Crippen LogP contribution in [0.5, 0.6) is 5.88 Å². The van der Waals surface area contributed by atoms with E-state index >= 15 is 0 Å². The van der Waals surface area contributed by atoms with Crippen molar-refractivity contribution in [2.75, 3.05) is 51.3 Å². The minimum atomic E-state index is 0.556. The van der Waals surface area contributed by atoms with E-state index in [0.717, 1.165) is 51.5 Å². The Bertz CT molecular complexity index is 414. The minimum absolute atomic E-state index is 0.556. The SMILES string of the molecule is COc1cc(N2CCCN(CC(C)CN)CC2)ncn1. The van der Waals surface area contributed by atoms with Gasteiger partial charge in [-0.3, -0.25) is 0 Å². The number of ether oxygens (including phenoxy) is 1. The smallest absolute Gasteiger partial charge is 0.218 e. The van der Waals surface area contributed by atoms with Crippen molar-refractivity contribution in [1.29, 1.82) is 0 Å². The lowest BCUT2D eigenvalue weighted by Gasteiger charge is -2.24. The Kier molecular flexibility index (Phi) is 5.55. The minimum Gasteiger partial charge on any atom is -0.481 e. The molecule has 20 heavy (non-hydrogen) atoms. The summed E-state index contributed by atoms with van der Waals surface area (Å²) in [5, 5.41) is 0. The zero-order valence-electron chi connectivity index (χ0n) is 12.5. The van der Waals surface area contributed by atoms with E-state index in [1.807, 2.05) is 6.07 Å². The van der Waals surface area contributed by atoms with Crippen LogP contribution in [0.1, 0.15) is 13.3 Å². The maximum Gasteiger partial charge on any atom is 0.218 e. The molecule has 2 heterocycles. The first-order chi connectivity index (χ1) is 9.72. The van der Waals surface area contributed by atoms with Gasteiger partial charge in [0.25, 0.3) is 0 Å². The van der Waals surface area contributed by atoms with Crippen molar-refractivity contribution < 1.29 is 4.74 Å². The van der Waals surface area contributed by atoms with E-state index in [1.165, 1.54) is 0 Å². The van der Waals surface area contributed by atoms with Crippen LogP contribution < -0.4 is 15.4 Å². The number of anilines is 1. The van der Waals surface area contributed by atoms with Crippen LogP contribution >= 0.6 is 0 Å². The molecule has 0 radical (unpaired) electrons. The van der Waals surface area contributed by atoms with Gasteiger partial charge < -0.3 is 20.3 Å². The first kappa shape index (κ1) is 15.0. The normalized spacial score (nSPS) is 18.6. The van der Waals surface area contributed by atoms with Gasteiger partial charge >= 0.3 is 0 Å². The predicted molar refractivity (Wildman–Crippen MR) is 80.1 cm³/mol. The van der Waals surface area contributed by atoms with Crippen LogP contribution in [0.4, 0.5) is 5.82 Å². The quantitative estimate of drug-likeness (QED) is 0.851. The predicted octanol–water partition coefficient (Wildman–Crippen LogP) is 0.592. The lowest BCUT2D eigenvalue weighted by Crippen LogP contribution is -2.35. The van der Waals surface area contributed by atoms with Gasteiger partial charge in [-0.2, -0.15) is 0 Å². The van der Waals surface area contributed by atoms with Crippen molar-refractivity contribution >= 4 is 5.82 Å². The van der Waals surface area contributed by atoms with E-state index in [0.29, 0.717) is 11.8 Å². The molecule has 0 spiro atoms. The number of methoxy groups -OCH3 is 1. The summed E-state index contributed by atoms with van der Waals surface area (Å²) in [7, 11) is 1.63. The third-order valence-corrected chi connectivity index (χ3v) is 3.72. The van der Waals surface area contributed by atoms with Crippen molar-refractivity contribution in [2.24, 2.45) is 11.7 Å². The van der Waals surface area contributed by atoms with E-state index in [-0.39, 0.29) is 0 Å². The number of hydrogen-bond acceptors (Lipinski definition) is 6. The maximum atomic E-state index is 5.71. The fraction of sp³-hybridized carbons (Fsp3) is 0.714. The van der Waals surface area contributed by atoms with Gasteiger partial charge in [-0.25, -0.2) is 9.97 Å². The summed E-state index contributed by atoms with van der Waals surface area (Å²) in [6.45, 7) is 8.23. The summed E-state index contributed by atoms with van der Waals surface area (Å²) >= 11 is 0. The average molecular weight is 279 g/mol. The van der Waals surface area contributed by atoms with E-state index in [9.17, 15) is 0 Å². The highest BCUT2D eigenvalue weighted by Crippen LogP contribution is 2.17. The molecule has 0 saturated carbocycles. The average Bonchev–Trinajstić information content (AvgIpc) is 2.73. The molecule has 1 aromatic rings. The monoisotopic (exact) mass is 279 g/mol. The Labute approximate surface area is 120 Å². The molecule has 6 heteroatoms. The third-order valence-electron chi connectivity index (χ3n) is 3.72. The molecule has 0 bridgehead atoms. The Morgan fingerprint density at radius 2 is 2.15 bits per heavy atom. The molecule has 0 amide bonds. The van der Waals surface area contributed by atoms with Gasteiger partial charge in [0, 0.05) is 32.2 Å². The molecule has 0 aliphatic carbocycles. The summed E-state index contributed by atoms with van der Waals surface area (Å²) in [6.07, 6.45) is 2.71. The van der Waals surface area contributed by atoms with Crippen LogP contribution in [0.25, 0.3) is 0 Å². The van der Waals surface area contributed by atoms with Gasteiger partial charge in [-0.05, 0) is 25.4 Å². The molecule has 1 aromatic heterocycles. The van der Waals surface area contributed by atoms with Crippen molar-refractivity contribution in [3.63, 3.8) is 0 Å². The van der Waals surface area contributed by atoms with Crippen LogP contribution in [-0.4, -0.2) is 61.2 Å². The van der Waals surface area contributed by atoms with Crippen LogP contribution in [0, 0.1) is 5.92 Å². The molecule has 1 aliphatic rings. The fourth-order valence-corrected chi connectivity index (χ4v) is 2.51. The van der Waals surface area contributed by atoms with Crippen molar-refractivity contribution in [3.05, 3.63) is 12.4 Å². The number of hydrogen-bond donors (Lipinski definition) is 1. The highest BCUT2D eigenvalue weighted by molar-refractivity contribution is 5.40. The van der Waals surface area contributed by atoms with Crippen LogP contribution in [0.3, 0.4) is 0 Å². The molecule has 2 N–H and O–H groups in total. The Morgan fingerprint density at radius 1 is 1.30 bits per heavy atom. The number of nitrogens with zero attached hydrogens (tertiary/aromatic N) is 4.